The number of aliphatic hydroxyl groups is 1. The van der Waals surface area contributed by atoms with Gasteiger partial charge in [-0.15, -0.1) is 11.7 Å². The van der Waals surface area contributed by atoms with Gasteiger partial charge in [-0.25, -0.2) is 0 Å². The van der Waals surface area contributed by atoms with E-state index in [9.17, 15) is 14.7 Å². The fraction of sp³-hybridized carbons (Fsp3) is 0.286. The van der Waals surface area contributed by atoms with Crippen LogP contribution in [0.25, 0.3) is 0 Å². The first-order valence-electron chi connectivity index (χ1n) is 18.3. The molecule has 10 nitrogen and oxygen atoms in total. The minimum Gasteiger partial charge on any atom is -0.454 e. The van der Waals surface area contributed by atoms with Gasteiger partial charge >= 0.3 is 0 Å². The smallest absolute Gasteiger partial charge is 0.266 e. The molecule has 2 amide bonds. The maximum Gasteiger partial charge on any atom is 0.266 e. The number of nitrogens with zero attached hydrogens (tertiary/aromatic N) is 5. The van der Waals surface area contributed by atoms with E-state index in [0.29, 0.717) is 58.3 Å². The Hall–Kier alpha value is -5.43. The van der Waals surface area contributed by atoms with Crippen molar-refractivity contribution in [3.8, 4) is 11.5 Å². The van der Waals surface area contributed by atoms with E-state index in [-0.39, 0.29) is 30.9 Å². The average molecular weight is 744 g/mol. The summed E-state index contributed by atoms with van der Waals surface area (Å²) in [4.78, 5) is 32.4. The fourth-order valence-corrected chi connectivity index (χ4v) is 11.3. The van der Waals surface area contributed by atoms with E-state index in [1.807, 2.05) is 85.8 Å². The zero-order valence-corrected chi connectivity index (χ0v) is 31.4. The lowest BCUT2D eigenvalue weighted by molar-refractivity contribution is -0.145. The van der Waals surface area contributed by atoms with Crippen LogP contribution in [0.2, 0.25) is 18.6 Å². The van der Waals surface area contributed by atoms with Gasteiger partial charge in [0.15, 0.2) is 11.4 Å². The number of halogens is 1. The van der Waals surface area contributed by atoms with Crippen LogP contribution in [-0.4, -0.2) is 59.6 Å². The van der Waals surface area contributed by atoms with Crippen molar-refractivity contribution in [2.24, 2.45) is 5.92 Å². The van der Waals surface area contributed by atoms with E-state index >= 15 is 4.11 Å². The van der Waals surface area contributed by atoms with E-state index < -0.39 is 31.6 Å². The third-order valence-electron chi connectivity index (χ3n) is 11.1. The summed E-state index contributed by atoms with van der Waals surface area (Å²) < 4.78 is 31.5. The number of anilines is 3. The summed E-state index contributed by atoms with van der Waals surface area (Å²) in [5.41, 5.74) is 2.21. The first kappa shape index (κ1) is 35.6. The van der Waals surface area contributed by atoms with E-state index in [0.717, 1.165) is 5.56 Å². The summed E-state index contributed by atoms with van der Waals surface area (Å²) in [6, 6.07) is 29.6. The molecule has 276 valence electrons. The second-order valence-corrected chi connectivity index (χ2v) is 18.5. The first-order valence-corrected chi connectivity index (χ1v) is 21.2. The molecule has 1 unspecified atom stereocenters. The topological polar surface area (TPSA) is 110 Å². The Morgan fingerprint density at radius 3 is 2.44 bits per heavy atom. The summed E-state index contributed by atoms with van der Waals surface area (Å²) in [5, 5.41) is 18.9. The highest BCUT2D eigenvalue weighted by molar-refractivity contribution is 6.72. The molecule has 1 fully saturated rings. The number of ether oxygens (including phenoxy) is 2. The van der Waals surface area contributed by atoms with Gasteiger partial charge in [0.05, 0.1) is 41.3 Å². The van der Waals surface area contributed by atoms with Crippen molar-refractivity contribution in [3.05, 3.63) is 138 Å². The molecule has 5 aromatic rings. The number of fused-ring (bicyclic) bond motifs is 4. The van der Waals surface area contributed by atoms with Gasteiger partial charge in [0.1, 0.15) is 5.75 Å². The van der Waals surface area contributed by atoms with Crippen LogP contribution in [0.3, 0.4) is 0 Å². The van der Waals surface area contributed by atoms with Gasteiger partial charge in [0.25, 0.3) is 11.8 Å². The Morgan fingerprint density at radius 1 is 0.981 bits per heavy atom. The third kappa shape index (κ3) is 5.76. The van der Waals surface area contributed by atoms with Crippen molar-refractivity contribution in [1.82, 2.24) is 15.0 Å². The molecular weight excluding hydrogens is 702 g/mol. The largest absolute Gasteiger partial charge is 0.454 e. The van der Waals surface area contributed by atoms with Gasteiger partial charge < -0.3 is 23.6 Å². The van der Waals surface area contributed by atoms with Crippen LogP contribution in [-0.2, 0) is 21.7 Å². The molecular formula is C42H42FN5O5Si. The molecule has 0 bridgehead atoms. The van der Waals surface area contributed by atoms with E-state index in [4.69, 9.17) is 9.47 Å². The normalized spacial score (nSPS) is 22.4. The monoisotopic (exact) mass is 743 g/mol. The maximum atomic E-state index is 16.6. The molecule has 12 heteroatoms. The second-order valence-electron chi connectivity index (χ2n) is 14.7. The molecule has 1 aromatic heterocycles. The Bertz CT molecular complexity index is 2240. The van der Waals surface area contributed by atoms with Gasteiger partial charge in [-0.2, -0.15) is 0 Å². The number of aryl methyl sites for hydroxylation is 1. The zero-order chi connectivity index (χ0) is 37.8. The van der Waals surface area contributed by atoms with Crippen LogP contribution in [0.1, 0.15) is 46.4 Å². The lowest BCUT2D eigenvalue weighted by atomic mass is 9.82. The molecule has 4 aromatic carbocycles. The molecule has 3 aliphatic heterocycles. The number of rotatable bonds is 10. The molecule has 54 heavy (non-hydrogen) atoms. The van der Waals surface area contributed by atoms with Crippen molar-refractivity contribution in [2.75, 3.05) is 23.0 Å². The standard InChI is InChI=1S/C42H42FN5O5Si/c1-5-22-47-34-20-19-29(48-35-16-10-12-18-37(35)52-36-17-11-9-15-30(36)40(48)50)24-32(34)42(41(47)51)27(2)39(54(3,4)43)38(53-42)21-23-46-25-33(44-45-46)31(26-49)28-13-7-6-8-14-28/h5-20,24-25,27,31,38-39,49H,1,21-23,26H2,2-4H3/t27-,31?,38+,39-,42+/m0/s1. The van der Waals surface area contributed by atoms with Crippen molar-refractivity contribution in [1.29, 1.82) is 0 Å². The lowest BCUT2D eigenvalue weighted by Crippen LogP contribution is -2.45. The fourth-order valence-electron chi connectivity index (χ4n) is 8.72. The summed E-state index contributed by atoms with van der Waals surface area (Å²) in [7, 11) is -3.46. The minimum absolute atomic E-state index is 0.128. The van der Waals surface area contributed by atoms with Gasteiger partial charge in [0, 0.05) is 42.0 Å². The Morgan fingerprint density at radius 2 is 1.70 bits per heavy atom. The number of aliphatic hydroxyl groups excluding tert-OH is 1. The molecule has 5 atom stereocenters. The molecule has 3 aliphatic rings. The predicted molar refractivity (Wildman–Crippen MR) is 206 cm³/mol. The number of benzene rings is 4. The SMILES string of the molecule is C=CCN1C(=O)[C@]2(O[C@H](CCn3cc(C(CO)c4ccccc4)nn3)[C@@H]([Si](C)(C)F)[C@@H]2C)c2cc(N3C(=O)c4ccccc4Oc4ccccc43)ccc21. The quantitative estimate of drug-likeness (QED) is 0.0881. The number of aromatic nitrogens is 3. The number of carbonyl (C=O) groups excluding carboxylic acids is 2. The Kier molecular flexibility index (Phi) is 9.07. The van der Waals surface area contributed by atoms with Gasteiger partial charge in [-0.05, 0) is 67.5 Å². The molecule has 0 radical (unpaired) electrons. The molecule has 8 rings (SSSR count). The molecule has 0 saturated carbocycles. The van der Waals surface area contributed by atoms with Crippen molar-refractivity contribution >= 4 is 37.3 Å². The highest BCUT2D eigenvalue weighted by atomic mass is 28.4. The highest BCUT2D eigenvalue weighted by Crippen LogP contribution is 2.61. The van der Waals surface area contributed by atoms with E-state index in [2.05, 4.69) is 16.9 Å². The van der Waals surface area contributed by atoms with Crippen LogP contribution in [0.4, 0.5) is 21.2 Å². The van der Waals surface area contributed by atoms with Gasteiger partial charge in [-0.3, -0.25) is 19.2 Å². The number of amides is 2. The predicted octanol–water partition coefficient (Wildman–Crippen LogP) is 7.88. The summed E-state index contributed by atoms with van der Waals surface area (Å²) in [5.74, 6) is -0.477. The lowest BCUT2D eigenvalue weighted by Gasteiger charge is -2.31. The van der Waals surface area contributed by atoms with Crippen LogP contribution < -0.4 is 14.5 Å². The third-order valence-corrected chi connectivity index (χ3v) is 13.6. The number of para-hydroxylation sites is 3. The molecule has 4 heterocycles. The molecule has 1 N–H and O–H groups in total. The van der Waals surface area contributed by atoms with Gasteiger partial charge in [-0.1, -0.05) is 72.8 Å². The number of hydrogen-bond donors (Lipinski definition) is 1. The van der Waals surface area contributed by atoms with Crippen LogP contribution >= 0.6 is 0 Å². The van der Waals surface area contributed by atoms with Crippen LogP contribution in [0, 0.1) is 5.92 Å². The zero-order valence-electron chi connectivity index (χ0n) is 30.4. The molecule has 1 spiro atoms. The minimum atomic E-state index is -3.46. The summed E-state index contributed by atoms with van der Waals surface area (Å²) in [6.07, 6.45) is 3.23. The first-order chi connectivity index (χ1) is 26.1. The van der Waals surface area contributed by atoms with Gasteiger partial charge in [0.2, 0.25) is 8.41 Å². The van der Waals surface area contributed by atoms with Crippen molar-refractivity contribution in [3.63, 3.8) is 0 Å². The second kappa shape index (κ2) is 13.8. The van der Waals surface area contributed by atoms with E-state index in [1.54, 1.807) is 58.0 Å². The summed E-state index contributed by atoms with van der Waals surface area (Å²) in [6.45, 7) is 9.64. The Balaban J connectivity index is 1.17. The molecule has 0 aliphatic carbocycles. The highest BCUT2D eigenvalue weighted by Gasteiger charge is 2.66. The Labute approximate surface area is 314 Å². The van der Waals surface area contributed by atoms with Crippen molar-refractivity contribution < 1.29 is 28.3 Å². The van der Waals surface area contributed by atoms with Crippen LogP contribution in [0.5, 0.6) is 11.5 Å². The van der Waals surface area contributed by atoms with Crippen molar-refractivity contribution in [2.45, 2.75) is 56.1 Å². The van der Waals surface area contributed by atoms with E-state index in [1.165, 1.54) is 0 Å². The summed E-state index contributed by atoms with van der Waals surface area (Å²) >= 11 is 0. The number of carbonyl (C=O) groups is 2. The average Bonchev–Trinajstić information content (AvgIpc) is 3.80. The maximum absolute atomic E-state index is 16.6. The molecule has 1 saturated heterocycles. The van der Waals surface area contributed by atoms with Crippen LogP contribution in [0.15, 0.2) is 116 Å². The number of hydrogen-bond acceptors (Lipinski definition) is 7.